The highest BCUT2D eigenvalue weighted by Gasteiger charge is 2.29. The zero-order chi connectivity index (χ0) is 25.7. The summed E-state index contributed by atoms with van der Waals surface area (Å²) in [5.41, 5.74) is 2.10. The molecule has 2 saturated heterocycles. The number of likely N-dealkylation sites (N-methyl/N-ethyl adjacent to an activating group) is 1. The molecule has 2 fully saturated rings. The fourth-order valence-electron chi connectivity index (χ4n) is 4.35. The molecule has 3 heterocycles. The zero-order valence-corrected chi connectivity index (χ0v) is 21.4. The van der Waals surface area contributed by atoms with Gasteiger partial charge in [0.2, 0.25) is 17.7 Å². The van der Waals surface area contributed by atoms with E-state index in [0.29, 0.717) is 47.8 Å². The van der Waals surface area contributed by atoms with E-state index in [4.69, 9.17) is 16.3 Å². The number of piperazine rings is 1. The van der Waals surface area contributed by atoms with Crippen molar-refractivity contribution in [2.75, 3.05) is 68.5 Å². The fraction of sp³-hybridized carbons (Fsp3) is 0.440. The Balaban J connectivity index is 1.47. The van der Waals surface area contributed by atoms with E-state index in [0.717, 1.165) is 38.3 Å². The van der Waals surface area contributed by atoms with E-state index in [-0.39, 0.29) is 17.9 Å². The van der Waals surface area contributed by atoms with Crippen LogP contribution in [-0.4, -0.2) is 90.5 Å². The van der Waals surface area contributed by atoms with Gasteiger partial charge in [-0.25, -0.2) is 4.98 Å². The predicted octanol–water partition coefficient (Wildman–Crippen LogP) is 2.73. The van der Waals surface area contributed by atoms with Crippen molar-refractivity contribution < 1.29 is 14.3 Å². The molecule has 2 N–H and O–H groups in total. The minimum Gasteiger partial charge on any atom is -0.477 e. The van der Waals surface area contributed by atoms with E-state index in [1.165, 1.54) is 12.3 Å². The van der Waals surface area contributed by atoms with E-state index < -0.39 is 0 Å². The van der Waals surface area contributed by atoms with Crippen LogP contribution in [0.15, 0.2) is 37.1 Å². The van der Waals surface area contributed by atoms with Gasteiger partial charge >= 0.3 is 0 Å². The summed E-state index contributed by atoms with van der Waals surface area (Å²) in [6.45, 7) is 10.4. The number of hydrogen-bond acceptors (Lipinski definition) is 8. The van der Waals surface area contributed by atoms with Gasteiger partial charge in [-0.1, -0.05) is 18.2 Å². The number of amides is 2. The molecule has 0 aliphatic carbocycles. The number of benzene rings is 1. The van der Waals surface area contributed by atoms with Crippen LogP contribution >= 0.6 is 11.6 Å². The summed E-state index contributed by atoms with van der Waals surface area (Å²) in [5.74, 6) is 0.419. The quantitative estimate of drug-likeness (QED) is 0.519. The highest BCUT2D eigenvalue weighted by molar-refractivity contribution is 6.31. The van der Waals surface area contributed by atoms with E-state index in [2.05, 4.69) is 44.0 Å². The smallest absolute Gasteiger partial charge is 0.254 e. The van der Waals surface area contributed by atoms with Gasteiger partial charge in [0.25, 0.3) is 5.91 Å². The molecule has 2 aromatic rings. The number of halogens is 1. The Kier molecular flexibility index (Phi) is 8.27. The number of likely N-dealkylation sites (tertiary alicyclic amines) is 1. The Morgan fingerprint density at radius 1 is 1.25 bits per heavy atom. The number of ether oxygens (including phenoxy) is 1. The summed E-state index contributed by atoms with van der Waals surface area (Å²) < 4.78 is 5.44. The largest absolute Gasteiger partial charge is 0.477 e. The molecule has 2 amide bonds. The monoisotopic (exact) mass is 513 g/mol. The first-order valence-electron chi connectivity index (χ1n) is 12.1. The molecule has 1 atom stereocenters. The summed E-state index contributed by atoms with van der Waals surface area (Å²) in [7, 11) is 2.09. The van der Waals surface area contributed by atoms with Crippen LogP contribution < -0.4 is 20.3 Å². The molecule has 0 saturated carbocycles. The van der Waals surface area contributed by atoms with Gasteiger partial charge in [0.15, 0.2) is 0 Å². The van der Waals surface area contributed by atoms with Crippen LogP contribution in [0.2, 0.25) is 5.02 Å². The summed E-state index contributed by atoms with van der Waals surface area (Å²) in [4.78, 5) is 40.2. The van der Waals surface area contributed by atoms with Crippen LogP contribution in [0.3, 0.4) is 0 Å². The summed E-state index contributed by atoms with van der Waals surface area (Å²) in [6, 6.07) is 5.44. The minimum atomic E-state index is -0.283. The second-order valence-corrected chi connectivity index (χ2v) is 9.28. The van der Waals surface area contributed by atoms with Gasteiger partial charge in [0, 0.05) is 50.9 Å². The van der Waals surface area contributed by atoms with Gasteiger partial charge < -0.3 is 30.1 Å². The standard InChI is InChI=1S/C25H32ClN7O3/c1-4-22(34)29-20-7-6-17(14-21(20)32-12-10-31(3)11-13-32)24(35)33-9-8-18(16-33)28-25-27-15-19(26)23(30-25)36-5-2/h4,6-7,14-15,18H,1,5,8-13,16H2,2-3H3,(H,29,34)(H,27,28,30)/t18-/m1/s1. The van der Waals surface area contributed by atoms with E-state index in [9.17, 15) is 9.59 Å². The van der Waals surface area contributed by atoms with Crippen molar-refractivity contribution in [3.63, 3.8) is 0 Å². The lowest BCUT2D eigenvalue weighted by Crippen LogP contribution is -2.44. The number of hydrogen-bond donors (Lipinski definition) is 2. The Labute approximate surface area is 216 Å². The zero-order valence-electron chi connectivity index (χ0n) is 20.7. The molecule has 1 aromatic carbocycles. The molecule has 192 valence electrons. The normalized spacial score (nSPS) is 18.1. The maximum absolute atomic E-state index is 13.4. The molecule has 0 bridgehead atoms. The summed E-state index contributed by atoms with van der Waals surface area (Å²) >= 11 is 6.08. The van der Waals surface area contributed by atoms with Gasteiger partial charge in [0.05, 0.1) is 24.2 Å². The van der Waals surface area contributed by atoms with Gasteiger partial charge in [-0.3, -0.25) is 9.59 Å². The molecule has 36 heavy (non-hydrogen) atoms. The molecule has 0 unspecified atom stereocenters. The molecule has 2 aliphatic heterocycles. The van der Waals surface area contributed by atoms with Crippen molar-refractivity contribution in [2.24, 2.45) is 0 Å². The average molecular weight is 514 g/mol. The Morgan fingerprint density at radius 3 is 2.75 bits per heavy atom. The number of nitrogens with one attached hydrogen (secondary N) is 2. The lowest BCUT2D eigenvalue weighted by molar-refractivity contribution is -0.111. The SMILES string of the molecule is C=CC(=O)Nc1ccc(C(=O)N2CC[C@@H](Nc3ncc(Cl)c(OCC)n3)C2)cc1N1CCN(C)CC1. The number of rotatable bonds is 8. The summed E-state index contributed by atoms with van der Waals surface area (Å²) in [5, 5.41) is 6.51. The topological polar surface area (TPSA) is 103 Å². The second-order valence-electron chi connectivity index (χ2n) is 8.88. The average Bonchev–Trinajstić information content (AvgIpc) is 3.35. The van der Waals surface area contributed by atoms with Crippen molar-refractivity contribution in [2.45, 2.75) is 19.4 Å². The number of aromatic nitrogens is 2. The van der Waals surface area contributed by atoms with Gasteiger partial charge in [0.1, 0.15) is 5.02 Å². The first-order chi connectivity index (χ1) is 17.4. The molecule has 10 nitrogen and oxygen atoms in total. The number of carbonyl (C=O) groups excluding carboxylic acids is 2. The molecule has 4 rings (SSSR count). The maximum Gasteiger partial charge on any atom is 0.254 e. The van der Waals surface area contributed by atoms with Crippen molar-refractivity contribution in [3.8, 4) is 5.88 Å². The third kappa shape index (κ3) is 6.06. The van der Waals surface area contributed by atoms with Crippen molar-refractivity contribution in [1.29, 1.82) is 0 Å². The van der Waals surface area contributed by atoms with Crippen LogP contribution in [0.4, 0.5) is 17.3 Å². The Hall–Kier alpha value is -3.37. The van der Waals surface area contributed by atoms with Crippen LogP contribution in [0.25, 0.3) is 0 Å². The van der Waals surface area contributed by atoms with Crippen LogP contribution in [0, 0.1) is 0 Å². The molecular weight excluding hydrogens is 482 g/mol. The lowest BCUT2D eigenvalue weighted by Gasteiger charge is -2.35. The number of nitrogens with zero attached hydrogens (tertiary/aromatic N) is 5. The molecule has 0 spiro atoms. The summed E-state index contributed by atoms with van der Waals surface area (Å²) in [6.07, 6.45) is 3.51. The van der Waals surface area contributed by atoms with Crippen LogP contribution in [-0.2, 0) is 4.79 Å². The van der Waals surface area contributed by atoms with Crippen molar-refractivity contribution in [3.05, 3.63) is 47.6 Å². The highest BCUT2D eigenvalue weighted by Crippen LogP contribution is 2.30. The van der Waals surface area contributed by atoms with E-state index in [1.54, 1.807) is 12.1 Å². The van der Waals surface area contributed by atoms with Gasteiger partial charge in [-0.05, 0) is 44.7 Å². The van der Waals surface area contributed by atoms with Crippen LogP contribution in [0.1, 0.15) is 23.7 Å². The number of anilines is 3. The Morgan fingerprint density at radius 2 is 2.03 bits per heavy atom. The van der Waals surface area contributed by atoms with Gasteiger partial charge in [-0.2, -0.15) is 4.98 Å². The second kappa shape index (κ2) is 11.6. The van der Waals surface area contributed by atoms with Crippen LogP contribution in [0.5, 0.6) is 5.88 Å². The maximum atomic E-state index is 13.4. The Bertz CT molecular complexity index is 1120. The minimum absolute atomic E-state index is 0.00727. The molecule has 11 heteroatoms. The molecule has 1 aromatic heterocycles. The van der Waals surface area contributed by atoms with Crippen molar-refractivity contribution in [1.82, 2.24) is 19.8 Å². The predicted molar refractivity (Wildman–Crippen MR) is 141 cm³/mol. The van der Waals surface area contributed by atoms with Gasteiger partial charge in [-0.15, -0.1) is 0 Å². The number of carbonyl (C=O) groups is 2. The van der Waals surface area contributed by atoms with E-state index >= 15 is 0 Å². The molecule has 2 aliphatic rings. The molecule has 0 radical (unpaired) electrons. The highest BCUT2D eigenvalue weighted by atomic mass is 35.5. The molecular formula is C25H32ClN7O3. The third-order valence-corrected chi connectivity index (χ3v) is 6.59. The third-order valence-electron chi connectivity index (χ3n) is 6.33. The van der Waals surface area contributed by atoms with Crippen molar-refractivity contribution >= 4 is 40.7 Å². The van der Waals surface area contributed by atoms with E-state index in [1.807, 2.05) is 17.9 Å². The fourth-order valence-corrected chi connectivity index (χ4v) is 4.50. The first-order valence-corrected chi connectivity index (χ1v) is 12.5. The first kappa shape index (κ1) is 25.7. The lowest BCUT2D eigenvalue weighted by atomic mass is 10.1.